The van der Waals surface area contributed by atoms with Crippen LogP contribution < -0.4 is 0 Å². The molecule has 31 heavy (non-hydrogen) atoms. The van der Waals surface area contributed by atoms with E-state index in [9.17, 15) is 65.9 Å². The van der Waals surface area contributed by atoms with Gasteiger partial charge >= 0.3 is 41.7 Å². The molecule has 1 heterocycles. The Labute approximate surface area is 173 Å². The van der Waals surface area contributed by atoms with Gasteiger partial charge in [0.05, 0.1) is 0 Å². The Morgan fingerprint density at radius 1 is 0.548 bits per heavy atom. The predicted molar refractivity (Wildman–Crippen MR) is 68.2 cm³/mol. The fourth-order valence-corrected chi connectivity index (χ4v) is 1.80. The van der Waals surface area contributed by atoms with Crippen molar-refractivity contribution in [1.82, 2.24) is 10.1 Å². The van der Waals surface area contributed by atoms with Crippen molar-refractivity contribution in [3.8, 4) is 0 Å². The summed E-state index contributed by atoms with van der Waals surface area (Å²) in [7, 11) is 0. The fourth-order valence-electron chi connectivity index (χ4n) is 1.57. The summed E-state index contributed by atoms with van der Waals surface area (Å²) in [6.45, 7) is 0. The summed E-state index contributed by atoms with van der Waals surface area (Å²) in [6, 6.07) is 0. The molecule has 1 aromatic heterocycles. The van der Waals surface area contributed by atoms with Crippen LogP contribution >= 0.6 is 34.8 Å². The maximum Gasteiger partial charge on any atom is 0.460 e. The van der Waals surface area contributed by atoms with Crippen molar-refractivity contribution < 1.29 is 70.4 Å². The molecule has 182 valence electrons. The Kier molecular flexibility index (Phi) is 6.53. The Morgan fingerprint density at radius 3 is 1.23 bits per heavy atom. The fraction of sp³-hybridized carbons (Fsp3) is 0.800. The van der Waals surface area contributed by atoms with Crippen molar-refractivity contribution in [2.75, 3.05) is 0 Å². The SMILES string of the molecule is FC(F)(F)C(F)(F)C(F)(F)C(F)(F)C(F)(F)C(F)(F)C(F)(F)c1noc(C(Cl)(Cl)Cl)n1. The monoisotopic (exact) mass is 554 g/mol. The summed E-state index contributed by atoms with van der Waals surface area (Å²) in [5, 5.41) is 1.90. The van der Waals surface area contributed by atoms with Crippen molar-refractivity contribution in [2.45, 2.75) is 45.5 Å². The standard InChI is InChI=1S/C10Cl3F15N2O/c11-4(12,13)2-29-1(30-31-2)3(14,15)5(16,17)6(18,19)7(20,21)8(22,23)9(24,25)10(26,27)28. The van der Waals surface area contributed by atoms with Crippen LogP contribution in [0.2, 0.25) is 0 Å². The lowest BCUT2D eigenvalue weighted by Crippen LogP contribution is -2.72. The highest BCUT2D eigenvalue weighted by Crippen LogP contribution is 2.63. The molecular formula is C10Cl3F15N2O. The maximum absolute atomic E-state index is 13.7. The molecule has 0 bridgehead atoms. The average molecular weight is 555 g/mol. The van der Waals surface area contributed by atoms with Gasteiger partial charge in [-0.25, -0.2) is 0 Å². The van der Waals surface area contributed by atoms with Crippen LogP contribution in [-0.4, -0.2) is 45.9 Å². The number of nitrogens with zero attached hydrogens (tertiary/aromatic N) is 2. The van der Waals surface area contributed by atoms with Gasteiger partial charge in [-0.2, -0.15) is 70.8 Å². The number of halogens is 18. The van der Waals surface area contributed by atoms with Gasteiger partial charge in [-0.05, 0) is 0 Å². The molecule has 0 radical (unpaired) electrons. The quantitative estimate of drug-likeness (QED) is 0.289. The van der Waals surface area contributed by atoms with Crippen molar-refractivity contribution in [3.05, 3.63) is 11.7 Å². The molecule has 0 aliphatic heterocycles. The summed E-state index contributed by atoms with van der Waals surface area (Å²) in [5.41, 5.74) is 0. The Hall–Kier alpha value is -1.04. The zero-order valence-electron chi connectivity index (χ0n) is 13.1. The topological polar surface area (TPSA) is 38.9 Å². The molecule has 3 nitrogen and oxygen atoms in total. The lowest BCUT2D eigenvalue weighted by Gasteiger charge is -2.40. The summed E-state index contributed by atoms with van der Waals surface area (Å²) in [4.78, 5) is 2.17. The Balaban J connectivity index is 3.63. The van der Waals surface area contributed by atoms with Crippen LogP contribution in [0.25, 0.3) is 0 Å². The highest BCUT2D eigenvalue weighted by atomic mass is 35.6. The molecule has 0 spiro atoms. The van der Waals surface area contributed by atoms with E-state index in [4.69, 9.17) is 34.8 Å². The van der Waals surface area contributed by atoms with E-state index in [1.165, 1.54) is 0 Å². The number of alkyl halides is 18. The molecule has 21 heteroatoms. The summed E-state index contributed by atoms with van der Waals surface area (Å²) < 4.78 is 196. The molecular weight excluding hydrogens is 555 g/mol. The average Bonchev–Trinajstić information content (AvgIpc) is 3.03. The molecule has 0 fully saturated rings. The Morgan fingerprint density at radius 2 is 0.903 bits per heavy atom. The normalized spacial score (nSPS) is 16.1. The van der Waals surface area contributed by atoms with E-state index in [1.54, 1.807) is 0 Å². The number of hydrogen-bond acceptors (Lipinski definition) is 3. The van der Waals surface area contributed by atoms with Crippen LogP contribution in [0, 0.1) is 0 Å². The van der Waals surface area contributed by atoms with Crippen LogP contribution in [-0.2, 0) is 9.72 Å². The van der Waals surface area contributed by atoms with Crippen LogP contribution in [0.1, 0.15) is 11.7 Å². The van der Waals surface area contributed by atoms with Gasteiger partial charge in [-0.3, -0.25) is 0 Å². The third-order valence-electron chi connectivity index (χ3n) is 3.28. The summed E-state index contributed by atoms with van der Waals surface area (Å²) >= 11 is 15.0. The van der Waals surface area contributed by atoms with Gasteiger partial charge in [0.2, 0.25) is 5.82 Å². The van der Waals surface area contributed by atoms with E-state index in [0.29, 0.717) is 0 Å². The highest BCUT2D eigenvalue weighted by molar-refractivity contribution is 6.66. The second kappa shape index (κ2) is 7.23. The van der Waals surface area contributed by atoms with E-state index in [0.717, 1.165) is 0 Å². The lowest BCUT2D eigenvalue weighted by molar-refractivity contribution is -0.454. The highest BCUT2D eigenvalue weighted by Gasteiger charge is 2.93. The number of rotatable bonds is 6. The molecule has 0 N–H and O–H groups in total. The minimum atomic E-state index is -8.44. The first kappa shape index (κ1) is 28.0. The first-order valence-corrected chi connectivity index (χ1v) is 7.59. The molecule has 1 aromatic rings. The predicted octanol–water partition coefficient (Wildman–Crippen LogP) is 6.73. The molecule has 0 atom stereocenters. The number of hydrogen-bond donors (Lipinski definition) is 0. The molecule has 0 saturated heterocycles. The molecule has 0 amide bonds. The van der Waals surface area contributed by atoms with E-state index < -0.39 is 57.2 Å². The van der Waals surface area contributed by atoms with Crippen molar-refractivity contribution in [1.29, 1.82) is 0 Å². The maximum atomic E-state index is 13.7. The molecule has 0 unspecified atom stereocenters. The third-order valence-corrected chi connectivity index (χ3v) is 3.76. The van der Waals surface area contributed by atoms with Crippen LogP contribution in [0.15, 0.2) is 4.52 Å². The van der Waals surface area contributed by atoms with Crippen LogP contribution in [0.5, 0.6) is 0 Å². The van der Waals surface area contributed by atoms with Gasteiger partial charge in [0.1, 0.15) is 0 Å². The van der Waals surface area contributed by atoms with E-state index in [-0.39, 0.29) is 0 Å². The van der Waals surface area contributed by atoms with Gasteiger partial charge < -0.3 is 4.52 Å². The zero-order valence-corrected chi connectivity index (χ0v) is 15.4. The molecule has 1 rings (SSSR count). The van der Waals surface area contributed by atoms with Crippen molar-refractivity contribution >= 4 is 34.8 Å². The zero-order chi connectivity index (χ0) is 25.3. The second-order valence-corrected chi connectivity index (χ2v) is 7.65. The van der Waals surface area contributed by atoms with Gasteiger partial charge in [-0.15, -0.1) is 0 Å². The first-order chi connectivity index (χ1) is 13.2. The smallest absolute Gasteiger partial charge is 0.334 e. The van der Waals surface area contributed by atoms with Crippen molar-refractivity contribution in [3.63, 3.8) is 0 Å². The van der Waals surface area contributed by atoms with E-state index in [2.05, 4.69) is 9.51 Å². The minimum Gasteiger partial charge on any atom is -0.334 e. The third kappa shape index (κ3) is 3.85. The van der Waals surface area contributed by atoms with Crippen LogP contribution in [0.4, 0.5) is 65.9 Å². The van der Waals surface area contributed by atoms with Crippen LogP contribution in [0.3, 0.4) is 0 Å². The second-order valence-electron chi connectivity index (χ2n) is 5.37. The van der Waals surface area contributed by atoms with Gasteiger partial charge in [0.15, 0.2) is 0 Å². The summed E-state index contributed by atoms with van der Waals surface area (Å²) in [5.74, 6) is -52.5. The first-order valence-electron chi connectivity index (χ1n) is 6.46. The Bertz CT molecular complexity index is 813. The lowest BCUT2D eigenvalue weighted by atomic mass is 9.91. The largest absolute Gasteiger partial charge is 0.460 e. The molecule has 0 saturated carbocycles. The van der Waals surface area contributed by atoms with E-state index in [1.807, 2.05) is 5.16 Å². The number of aromatic nitrogens is 2. The van der Waals surface area contributed by atoms with Gasteiger partial charge in [0.25, 0.3) is 9.68 Å². The van der Waals surface area contributed by atoms with E-state index >= 15 is 0 Å². The van der Waals surface area contributed by atoms with Gasteiger partial charge in [-0.1, -0.05) is 40.0 Å². The molecule has 0 aliphatic carbocycles. The summed E-state index contributed by atoms with van der Waals surface area (Å²) in [6.07, 6.45) is -7.69. The molecule has 0 aliphatic rings. The molecule has 0 aromatic carbocycles. The van der Waals surface area contributed by atoms with Crippen molar-refractivity contribution in [2.24, 2.45) is 0 Å². The van der Waals surface area contributed by atoms with Gasteiger partial charge in [0, 0.05) is 0 Å². The minimum absolute atomic E-state index is 1.66.